The van der Waals surface area contributed by atoms with Gasteiger partial charge in [0, 0.05) is 4.70 Å². The summed E-state index contributed by atoms with van der Waals surface area (Å²) in [5.74, 6) is 0. The van der Waals surface area contributed by atoms with Gasteiger partial charge in [-0.05, 0) is 22.9 Å². The predicted molar refractivity (Wildman–Crippen MR) is 51.6 cm³/mol. The van der Waals surface area contributed by atoms with E-state index in [1.807, 2.05) is 0 Å². The second-order valence-corrected chi connectivity index (χ2v) is 3.01. The van der Waals surface area contributed by atoms with Crippen LogP contribution in [0.1, 0.15) is 1.43 Å². The first-order valence-electron chi connectivity index (χ1n) is 3.38. The van der Waals surface area contributed by atoms with Gasteiger partial charge in [0.2, 0.25) is 0 Å². The molecular weight excluding hydrogens is 179 g/mol. The van der Waals surface area contributed by atoms with Gasteiger partial charge in [-0.2, -0.15) is 0 Å². The summed E-state index contributed by atoms with van der Waals surface area (Å²) in [4.78, 5) is 8.36. The third-order valence-corrected chi connectivity index (χ3v) is 2.26. The molecule has 0 saturated carbocycles. The zero-order chi connectivity index (χ0) is 8.81. The fraction of sp³-hybridized carbons (Fsp3) is 0. The van der Waals surface area contributed by atoms with E-state index in [1.54, 1.807) is 11.3 Å². The van der Waals surface area contributed by atoms with E-state index >= 15 is 0 Å². The van der Waals surface area contributed by atoms with E-state index in [0.29, 0.717) is 0 Å². The van der Waals surface area contributed by atoms with Crippen molar-refractivity contribution < 1.29 is 30.2 Å². The van der Waals surface area contributed by atoms with Crippen LogP contribution in [0.2, 0.25) is 0 Å². The van der Waals surface area contributed by atoms with Gasteiger partial charge in [-0.15, -0.1) is 11.3 Å². The van der Waals surface area contributed by atoms with E-state index < -0.39 is 0 Å². The summed E-state index contributed by atoms with van der Waals surface area (Å²) in [7, 11) is 0. The van der Waals surface area contributed by atoms with Crippen LogP contribution in [0.4, 0.5) is 0 Å². The maximum Gasteiger partial charge on any atom is 1.00 e. The molecule has 2 nitrogen and oxygen atoms in total. The smallest absolute Gasteiger partial charge is 1.00 e. The second-order valence-electron chi connectivity index (χ2n) is 2.06. The number of carboxylic acid groups (broad SMARTS) is 1. The number of rotatable bonds is 0. The number of thiophene rings is 1. The molecule has 0 amide bonds. The first kappa shape index (κ1) is 12.2. The number of fused-ring (bicyclic) bond motifs is 1. The van der Waals surface area contributed by atoms with Crippen molar-refractivity contribution in [2.45, 2.75) is 0 Å². The van der Waals surface area contributed by atoms with Gasteiger partial charge >= 0.3 is 18.9 Å². The van der Waals surface area contributed by atoms with Crippen molar-refractivity contribution in [2.75, 3.05) is 0 Å². The fourth-order valence-electron chi connectivity index (χ4n) is 0.906. The van der Waals surface area contributed by atoms with Crippen LogP contribution < -0.4 is 18.9 Å². The molecule has 0 aliphatic carbocycles. The monoisotopic (exact) mass is 188 g/mol. The Morgan fingerprint density at radius 1 is 1.31 bits per heavy atom. The maximum absolute atomic E-state index is 8.36. The van der Waals surface area contributed by atoms with Crippen molar-refractivity contribution in [3.63, 3.8) is 0 Å². The van der Waals surface area contributed by atoms with Crippen molar-refractivity contribution in [3.8, 4) is 0 Å². The zero-order valence-electron chi connectivity index (χ0n) is 8.31. The van der Waals surface area contributed by atoms with Gasteiger partial charge in [0.25, 0.3) is 6.47 Å². The van der Waals surface area contributed by atoms with Crippen molar-refractivity contribution in [1.82, 2.24) is 0 Å². The van der Waals surface area contributed by atoms with Crippen LogP contribution in [0.3, 0.4) is 0 Å². The molecule has 1 N–H and O–H groups in total. The molecule has 1 heterocycles. The van der Waals surface area contributed by atoms with Gasteiger partial charge in [-0.1, -0.05) is 18.2 Å². The summed E-state index contributed by atoms with van der Waals surface area (Å²) in [6, 6.07) is 10.5. The number of benzene rings is 1. The van der Waals surface area contributed by atoms with Crippen LogP contribution >= 0.6 is 11.3 Å². The minimum absolute atomic E-state index is 0. The molecule has 13 heavy (non-hydrogen) atoms. The normalized spacial score (nSPS) is 8.00. The summed E-state index contributed by atoms with van der Waals surface area (Å²) in [5, 5.41) is 10.4. The van der Waals surface area contributed by atoms with Gasteiger partial charge in [-0.25, -0.2) is 0 Å². The van der Waals surface area contributed by atoms with Crippen molar-refractivity contribution in [2.24, 2.45) is 0 Å². The molecule has 0 radical (unpaired) electrons. The Labute approximate surface area is 93.9 Å². The Hall–Kier alpha value is -0.753. The molecule has 1 aromatic carbocycles. The molecule has 0 unspecified atom stereocenters. The molecule has 4 heteroatoms. The maximum atomic E-state index is 8.36. The molecule has 2 rings (SSSR count). The molecule has 0 spiro atoms. The van der Waals surface area contributed by atoms with Crippen molar-refractivity contribution in [3.05, 3.63) is 35.7 Å². The minimum atomic E-state index is -0.250. The molecule has 0 aliphatic rings. The number of carbonyl (C=O) groups is 1. The van der Waals surface area contributed by atoms with E-state index in [4.69, 9.17) is 9.90 Å². The Kier molecular flexibility index (Phi) is 6.34. The van der Waals surface area contributed by atoms with E-state index in [1.165, 1.54) is 10.1 Å². The van der Waals surface area contributed by atoms with Crippen molar-refractivity contribution in [1.29, 1.82) is 0 Å². The quantitative estimate of drug-likeness (QED) is 0.456. The molecule has 0 saturated heterocycles. The predicted octanol–water partition coefficient (Wildman–Crippen LogP) is -0.281. The second kappa shape index (κ2) is 6.73. The van der Waals surface area contributed by atoms with E-state index in [-0.39, 0.29) is 26.8 Å². The molecule has 0 atom stereocenters. The summed E-state index contributed by atoms with van der Waals surface area (Å²) in [5.41, 5.74) is 0. The largest absolute Gasteiger partial charge is 1.00 e. The number of hydrogen-bond donors (Lipinski definition) is 1. The van der Waals surface area contributed by atoms with Crippen LogP contribution in [0.5, 0.6) is 0 Å². The van der Waals surface area contributed by atoms with Gasteiger partial charge in [0.05, 0.1) is 0 Å². The number of hydrogen-bond acceptors (Lipinski definition) is 2. The van der Waals surface area contributed by atoms with Crippen LogP contribution in [-0.4, -0.2) is 11.6 Å². The first-order chi connectivity index (χ1) is 5.88. The summed E-state index contributed by atoms with van der Waals surface area (Å²) in [6.45, 7) is -0.250. The molecule has 64 valence electrons. The SMILES string of the molecule is O=CO.[H-].[Li+].c1ccc2sccc2c1. The average Bonchev–Trinajstić information content (AvgIpc) is 2.52. The van der Waals surface area contributed by atoms with Gasteiger partial charge < -0.3 is 6.53 Å². The molecule has 0 aliphatic heterocycles. The molecule has 1 aromatic heterocycles. The van der Waals surface area contributed by atoms with Crippen LogP contribution in [0, 0.1) is 0 Å². The standard InChI is InChI=1S/C8H6S.CH2O2.Li.H/c1-2-4-8-7(3-1)5-6-9-8;2-1-3;;/h1-6H;1H,(H,2,3);;/q;;+1;-1. The molecule has 0 fully saturated rings. The fourth-order valence-corrected chi connectivity index (χ4v) is 1.70. The summed E-state index contributed by atoms with van der Waals surface area (Å²) >= 11 is 1.79. The van der Waals surface area contributed by atoms with Gasteiger partial charge in [0.1, 0.15) is 0 Å². The minimum Gasteiger partial charge on any atom is -1.00 e. The third-order valence-electron chi connectivity index (χ3n) is 1.36. The zero-order valence-corrected chi connectivity index (χ0v) is 8.12. The molecule has 0 bridgehead atoms. The van der Waals surface area contributed by atoms with Gasteiger partial charge in [0.15, 0.2) is 0 Å². The summed E-state index contributed by atoms with van der Waals surface area (Å²) < 4.78 is 1.37. The summed E-state index contributed by atoms with van der Waals surface area (Å²) in [6.07, 6.45) is 0. The molecule has 2 aromatic rings. The third kappa shape index (κ3) is 3.64. The Morgan fingerprint density at radius 2 is 1.92 bits per heavy atom. The topological polar surface area (TPSA) is 37.3 Å². The van der Waals surface area contributed by atoms with Crippen LogP contribution in [0.25, 0.3) is 10.1 Å². The van der Waals surface area contributed by atoms with Crippen LogP contribution in [-0.2, 0) is 4.79 Å². The van der Waals surface area contributed by atoms with Crippen molar-refractivity contribution >= 4 is 27.9 Å². The van der Waals surface area contributed by atoms with Crippen LogP contribution in [0.15, 0.2) is 35.7 Å². The first-order valence-corrected chi connectivity index (χ1v) is 4.26. The Morgan fingerprint density at radius 3 is 2.54 bits per heavy atom. The van der Waals surface area contributed by atoms with Gasteiger partial charge in [-0.3, -0.25) is 4.79 Å². The van der Waals surface area contributed by atoms with E-state index in [2.05, 4.69) is 35.7 Å². The Bertz CT molecular complexity index is 334. The Balaban J connectivity index is 0. The molecular formula is C9H9LiO2S. The van der Waals surface area contributed by atoms with E-state index in [9.17, 15) is 0 Å². The van der Waals surface area contributed by atoms with E-state index in [0.717, 1.165) is 0 Å². The average molecular weight is 188 g/mol.